The first kappa shape index (κ1) is 17.1. The number of nitriles is 2. The van der Waals surface area contributed by atoms with Gasteiger partial charge in [-0.1, -0.05) is 0 Å². The summed E-state index contributed by atoms with van der Waals surface area (Å²) in [5.41, 5.74) is 0.182. The summed E-state index contributed by atoms with van der Waals surface area (Å²) >= 11 is 0.766. The van der Waals surface area contributed by atoms with E-state index in [4.69, 9.17) is 0 Å². The number of hydrogen-bond donors (Lipinski definition) is 0. The summed E-state index contributed by atoms with van der Waals surface area (Å²) in [6.45, 7) is 4.50. The van der Waals surface area contributed by atoms with Gasteiger partial charge in [0.25, 0.3) is 0 Å². The second kappa shape index (κ2) is 6.77. The second-order valence-electron chi connectivity index (χ2n) is 6.04. The quantitative estimate of drug-likeness (QED) is 0.380. The molecule has 0 spiro atoms. The number of hydrogen-bond acceptors (Lipinski definition) is 2. The predicted octanol–water partition coefficient (Wildman–Crippen LogP) is 2.93. The fourth-order valence-electron chi connectivity index (χ4n) is 3.30. The van der Waals surface area contributed by atoms with Crippen molar-refractivity contribution in [1.82, 2.24) is 0 Å². The van der Waals surface area contributed by atoms with Crippen LogP contribution in [0.15, 0.2) is 57.5 Å². The normalized spacial score (nSPS) is 13.9. The van der Waals surface area contributed by atoms with Crippen molar-refractivity contribution in [2.45, 2.75) is 13.8 Å². The fourth-order valence-corrected chi connectivity index (χ4v) is 10.6. The van der Waals surface area contributed by atoms with Gasteiger partial charge in [-0.05, 0) is 0 Å². The van der Waals surface area contributed by atoms with Crippen LogP contribution in [0.1, 0.15) is 13.8 Å². The van der Waals surface area contributed by atoms with E-state index in [0.29, 0.717) is 29.9 Å². The Balaban J connectivity index is 2.37. The van der Waals surface area contributed by atoms with Gasteiger partial charge in [0.1, 0.15) is 0 Å². The Bertz CT molecular complexity index is 1220. The van der Waals surface area contributed by atoms with Crippen LogP contribution in [0.2, 0.25) is 0 Å². The SMILES string of the molecule is CC1=C(C)[Se]C(=c2c3ccccc3c(=C(C#N)C#N)c3ccccc23)[Se]1. The topological polar surface area (TPSA) is 47.6 Å². The maximum absolute atomic E-state index is 9.53. The molecular formula is C22H14N2Se2. The number of allylic oxidation sites excluding steroid dienone is 2. The van der Waals surface area contributed by atoms with Gasteiger partial charge >= 0.3 is 165 Å². The molecule has 0 unspecified atom stereocenters. The molecule has 4 heteroatoms. The van der Waals surface area contributed by atoms with E-state index in [0.717, 1.165) is 26.8 Å². The van der Waals surface area contributed by atoms with Crippen molar-refractivity contribution >= 4 is 60.4 Å². The van der Waals surface area contributed by atoms with E-state index >= 15 is 0 Å². The average Bonchev–Trinajstić information content (AvgIpc) is 3.00. The van der Waals surface area contributed by atoms with E-state index in [1.54, 1.807) is 3.37 Å². The first-order chi connectivity index (χ1) is 12.7. The zero-order valence-corrected chi connectivity index (χ0v) is 17.8. The molecule has 2 nitrogen and oxygen atoms in total. The van der Waals surface area contributed by atoms with E-state index in [1.807, 2.05) is 36.4 Å². The second-order valence-corrected chi connectivity index (χ2v) is 12.5. The Morgan fingerprint density at radius 1 is 0.731 bits per heavy atom. The Morgan fingerprint density at radius 3 is 1.58 bits per heavy atom. The van der Waals surface area contributed by atoms with Crippen LogP contribution in [0.5, 0.6) is 0 Å². The molecule has 0 N–H and O–H groups in total. The van der Waals surface area contributed by atoms with Gasteiger partial charge in [-0.25, -0.2) is 0 Å². The fraction of sp³-hybridized carbons (Fsp3) is 0.0909. The minimum atomic E-state index is 0.182. The predicted molar refractivity (Wildman–Crippen MR) is 109 cm³/mol. The molecule has 1 aliphatic rings. The molecule has 26 heavy (non-hydrogen) atoms. The van der Waals surface area contributed by atoms with Gasteiger partial charge in [-0.15, -0.1) is 0 Å². The van der Waals surface area contributed by atoms with Crippen LogP contribution in [0.4, 0.5) is 0 Å². The van der Waals surface area contributed by atoms with Crippen LogP contribution >= 0.6 is 0 Å². The summed E-state index contributed by atoms with van der Waals surface area (Å²) in [6, 6.07) is 20.6. The van der Waals surface area contributed by atoms with Gasteiger partial charge in [0.2, 0.25) is 0 Å². The summed E-state index contributed by atoms with van der Waals surface area (Å²) in [6.07, 6.45) is 0. The van der Waals surface area contributed by atoms with Crippen LogP contribution in [0.3, 0.4) is 0 Å². The van der Waals surface area contributed by atoms with Crippen molar-refractivity contribution < 1.29 is 0 Å². The van der Waals surface area contributed by atoms with Crippen LogP contribution in [-0.4, -0.2) is 29.9 Å². The first-order valence-corrected chi connectivity index (χ1v) is 11.6. The maximum atomic E-state index is 9.53. The monoisotopic (exact) mass is 466 g/mol. The summed E-state index contributed by atoms with van der Waals surface area (Å²) in [5, 5.41) is 25.5. The number of rotatable bonds is 0. The Labute approximate surface area is 164 Å². The summed E-state index contributed by atoms with van der Waals surface area (Å²) in [4.78, 5) is 0. The standard InChI is InChI=1S/C22H14N2Se2/c1-13-14(2)26-22(25-13)21-18-9-5-3-7-16(18)20(15(11-23)12-24)17-8-4-6-10-19(17)21/h3-10H,1-2H3. The molecule has 1 heterocycles. The van der Waals surface area contributed by atoms with Gasteiger partial charge in [0.15, 0.2) is 0 Å². The first-order valence-electron chi connectivity index (χ1n) is 8.17. The number of nitrogens with zero attached hydrogens (tertiary/aromatic N) is 2. The van der Waals surface area contributed by atoms with Crippen LogP contribution < -0.4 is 10.4 Å². The minimum absolute atomic E-state index is 0.182. The third-order valence-electron chi connectivity index (χ3n) is 4.60. The van der Waals surface area contributed by atoms with Crippen molar-refractivity contribution in [2.75, 3.05) is 0 Å². The summed E-state index contributed by atoms with van der Waals surface area (Å²) < 4.78 is 4.62. The molecule has 0 saturated carbocycles. The number of fused-ring (bicyclic) bond motifs is 2. The number of benzene rings is 3. The molecule has 3 aromatic rings. The third-order valence-corrected chi connectivity index (χ3v) is 11.3. The Morgan fingerprint density at radius 2 is 1.15 bits per heavy atom. The molecular weight excluding hydrogens is 450 g/mol. The molecule has 4 rings (SSSR count). The van der Waals surface area contributed by atoms with Gasteiger partial charge in [-0.3, -0.25) is 0 Å². The van der Waals surface area contributed by atoms with Gasteiger partial charge < -0.3 is 0 Å². The molecule has 0 amide bonds. The van der Waals surface area contributed by atoms with Gasteiger partial charge in [0.05, 0.1) is 0 Å². The summed E-state index contributed by atoms with van der Waals surface area (Å²) in [5.74, 6) is 0. The molecule has 1 aliphatic heterocycles. The van der Waals surface area contributed by atoms with Gasteiger partial charge in [-0.2, -0.15) is 0 Å². The van der Waals surface area contributed by atoms with E-state index in [-0.39, 0.29) is 5.57 Å². The van der Waals surface area contributed by atoms with Gasteiger partial charge in [0, 0.05) is 0 Å². The van der Waals surface area contributed by atoms with Crippen molar-refractivity contribution in [3.8, 4) is 12.1 Å². The molecule has 0 radical (unpaired) electrons. The molecule has 0 atom stereocenters. The molecule has 0 aliphatic carbocycles. The summed E-state index contributed by atoms with van der Waals surface area (Å²) in [7, 11) is 0. The van der Waals surface area contributed by atoms with Crippen molar-refractivity contribution in [1.29, 1.82) is 10.5 Å². The zero-order chi connectivity index (χ0) is 18.3. The van der Waals surface area contributed by atoms with E-state index in [9.17, 15) is 10.5 Å². The Hall–Kier alpha value is -2.32. The van der Waals surface area contributed by atoms with Crippen molar-refractivity contribution in [2.24, 2.45) is 0 Å². The van der Waals surface area contributed by atoms with E-state index in [1.165, 1.54) is 14.2 Å². The molecule has 3 aromatic carbocycles. The van der Waals surface area contributed by atoms with E-state index < -0.39 is 0 Å². The van der Waals surface area contributed by atoms with E-state index in [2.05, 4.69) is 38.1 Å². The zero-order valence-electron chi connectivity index (χ0n) is 14.3. The van der Waals surface area contributed by atoms with Crippen molar-refractivity contribution in [3.63, 3.8) is 0 Å². The molecule has 0 aromatic heterocycles. The third kappa shape index (κ3) is 2.60. The molecule has 0 fully saturated rings. The Kier molecular flexibility index (Phi) is 4.46. The van der Waals surface area contributed by atoms with Crippen LogP contribution in [0, 0.1) is 22.7 Å². The van der Waals surface area contributed by atoms with Crippen molar-refractivity contribution in [3.05, 3.63) is 67.9 Å². The van der Waals surface area contributed by atoms with Crippen LogP contribution in [0.25, 0.3) is 30.5 Å². The van der Waals surface area contributed by atoms with Crippen LogP contribution in [-0.2, 0) is 0 Å². The average molecular weight is 464 g/mol. The molecule has 0 saturated heterocycles. The molecule has 0 bridgehead atoms. The molecule has 124 valence electrons.